The molecule has 0 saturated carbocycles. The fourth-order valence-corrected chi connectivity index (χ4v) is 4.51. The molecule has 38 heavy (non-hydrogen) atoms. The summed E-state index contributed by atoms with van der Waals surface area (Å²) in [5, 5.41) is 14.7. The maximum absolute atomic E-state index is 12.7. The van der Waals surface area contributed by atoms with Crippen LogP contribution in [0.4, 0.5) is 11.4 Å². The predicted octanol–water partition coefficient (Wildman–Crippen LogP) is 4.03. The number of rotatable bonds is 6. The summed E-state index contributed by atoms with van der Waals surface area (Å²) in [7, 11) is 2.13. The van der Waals surface area contributed by atoms with Crippen molar-refractivity contribution in [3.8, 4) is 0 Å². The molecule has 3 aromatic carbocycles. The third-order valence-electron chi connectivity index (χ3n) is 6.79. The second-order valence-corrected chi connectivity index (χ2v) is 9.39. The van der Waals surface area contributed by atoms with Crippen LogP contribution in [0.2, 0.25) is 0 Å². The van der Waals surface area contributed by atoms with Gasteiger partial charge in [-0.25, -0.2) is 4.79 Å². The zero-order valence-electron chi connectivity index (χ0n) is 21.0. The summed E-state index contributed by atoms with van der Waals surface area (Å²) in [4.78, 5) is 40.9. The Hall–Kier alpha value is -4.69. The maximum atomic E-state index is 12.7. The number of fused-ring (bicyclic) bond motifs is 1. The molecular formula is C30H28N4O4. The number of carbonyl (C=O) groups is 3. The van der Waals surface area contributed by atoms with Crippen molar-refractivity contribution >= 4 is 46.9 Å². The smallest absolute Gasteiger partial charge is 0.335 e. The van der Waals surface area contributed by atoms with Crippen LogP contribution in [0.15, 0.2) is 72.9 Å². The summed E-state index contributed by atoms with van der Waals surface area (Å²) in [5.41, 5.74) is 5.18. The molecule has 1 saturated heterocycles. The fourth-order valence-electron chi connectivity index (χ4n) is 4.51. The Morgan fingerprint density at radius 1 is 0.842 bits per heavy atom. The van der Waals surface area contributed by atoms with Crippen molar-refractivity contribution in [3.63, 3.8) is 0 Å². The minimum absolute atomic E-state index is 0.219. The van der Waals surface area contributed by atoms with Crippen LogP contribution in [0, 0.1) is 0 Å². The van der Waals surface area contributed by atoms with E-state index >= 15 is 0 Å². The van der Waals surface area contributed by atoms with Crippen LogP contribution in [0.3, 0.4) is 0 Å². The van der Waals surface area contributed by atoms with Gasteiger partial charge in [-0.05, 0) is 66.7 Å². The SMILES string of the molecule is CN1CCN(c2ccc(NC=C3C(=O)NC(=O)c4ccc(C=Cc5ccc(C(=O)O)cc5)cc43)cc2)CC1. The average Bonchev–Trinajstić information content (AvgIpc) is 2.92. The first-order valence-corrected chi connectivity index (χ1v) is 12.4. The topological polar surface area (TPSA) is 102 Å². The van der Waals surface area contributed by atoms with Crippen molar-refractivity contribution in [2.24, 2.45) is 0 Å². The van der Waals surface area contributed by atoms with E-state index in [2.05, 4.69) is 39.6 Å². The van der Waals surface area contributed by atoms with Crippen LogP contribution in [0.1, 0.15) is 37.4 Å². The summed E-state index contributed by atoms with van der Waals surface area (Å²) in [6, 6.07) is 19.9. The van der Waals surface area contributed by atoms with Crippen molar-refractivity contribution in [2.75, 3.05) is 43.4 Å². The van der Waals surface area contributed by atoms with Crippen LogP contribution in [-0.2, 0) is 4.79 Å². The standard InChI is InChI=1S/C30H28N4O4/c1-33-14-16-34(17-15-33)24-11-9-23(10-12-24)31-19-27-26-18-21(6-13-25(26)28(35)32-29(27)36)3-2-20-4-7-22(8-5-20)30(37)38/h2-13,18-19,31H,14-17H2,1H3,(H,37,38)(H,32,35,36). The summed E-state index contributed by atoms with van der Waals surface area (Å²) in [6.45, 7) is 4.05. The van der Waals surface area contributed by atoms with Crippen molar-refractivity contribution in [1.29, 1.82) is 0 Å². The van der Waals surface area contributed by atoms with Crippen molar-refractivity contribution < 1.29 is 19.5 Å². The van der Waals surface area contributed by atoms with Gasteiger partial charge in [0.2, 0.25) is 0 Å². The van der Waals surface area contributed by atoms with Gasteiger partial charge in [-0.1, -0.05) is 30.4 Å². The number of carbonyl (C=O) groups excluding carboxylic acids is 2. The number of piperazine rings is 1. The molecule has 0 aromatic heterocycles. The summed E-state index contributed by atoms with van der Waals surface area (Å²) < 4.78 is 0. The van der Waals surface area contributed by atoms with Gasteiger partial charge < -0.3 is 20.2 Å². The Morgan fingerprint density at radius 2 is 1.50 bits per heavy atom. The van der Waals surface area contributed by atoms with E-state index in [1.54, 1.807) is 48.7 Å². The van der Waals surface area contributed by atoms with E-state index < -0.39 is 17.8 Å². The lowest BCUT2D eigenvalue weighted by Gasteiger charge is -2.34. The lowest BCUT2D eigenvalue weighted by Crippen LogP contribution is -2.44. The number of amides is 2. The fraction of sp³-hybridized carbons (Fsp3) is 0.167. The highest BCUT2D eigenvalue weighted by Gasteiger charge is 2.27. The van der Waals surface area contributed by atoms with Gasteiger partial charge >= 0.3 is 5.97 Å². The summed E-state index contributed by atoms with van der Waals surface area (Å²) >= 11 is 0. The molecule has 3 aromatic rings. The molecular weight excluding hydrogens is 480 g/mol. The highest BCUT2D eigenvalue weighted by atomic mass is 16.4. The number of carboxylic acids is 1. The molecule has 0 radical (unpaired) electrons. The zero-order valence-corrected chi connectivity index (χ0v) is 21.0. The average molecular weight is 509 g/mol. The molecule has 0 unspecified atom stereocenters. The maximum Gasteiger partial charge on any atom is 0.335 e. The lowest BCUT2D eigenvalue weighted by molar-refractivity contribution is -0.114. The number of hydrogen-bond acceptors (Lipinski definition) is 6. The molecule has 8 heteroatoms. The van der Waals surface area contributed by atoms with Gasteiger partial charge in [0, 0.05) is 54.9 Å². The number of aromatic carboxylic acids is 1. The van der Waals surface area contributed by atoms with E-state index in [4.69, 9.17) is 5.11 Å². The van der Waals surface area contributed by atoms with Crippen LogP contribution in [-0.4, -0.2) is 61.0 Å². The number of likely N-dealkylation sites (N-methyl/N-ethyl adjacent to an activating group) is 1. The number of nitrogens with one attached hydrogen (secondary N) is 2. The van der Waals surface area contributed by atoms with Crippen LogP contribution in [0.25, 0.3) is 17.7 Å². The van der Waals surface area contributed by atoms with Gasteiger partial charge in [-0.2, -0.15) is 0 Å². The molecule has 2 heterocycles. The Kier molecular flexibility index (Phi) is 7.06. The number of imide groups is 1. The number of hydrogen-bond donors (Lipinski definition) is 3. The molecule has 0 atom stereocenters. The van der Waals surface area contributed by atoms with E-state index in [-0.39, 0.29) is 5.56 Å². The van der Waals surface area contributed by atoms with Gasteiger partial charge in [0.1, 0.15) is 0 Å². The summed E-state index contributed by atoms with van der Waals surface area (Å²) in [6.07, 6.45) is 5.33. The van der Waals surface area contributed by atoms with E-state index in [1.807, 2.05) is 24.3 Å². The molecule has 2 aliphatic heterocycles. The Morgan fingerprint density at radius 3 is 2.18 bits per heavy atom. The normalized spacial score (nSPS) is 17.0. The van der Waals surface area contributed by atoms with Crippen LogP contribution in [0.5, 0.6) is 0 Å². The lowest BCUT2D eigenvalue weighted by atomic mass is 9.93. The highest BCUT2D eigenvalue weighted by molar-refractivity contribution is 6.31. The van der Waals surface area contributed by atoms with Gasteiger partial charge in [0.05, 0.1) is 11.1 Å². The summed E-state index contributed by atoms with van der Waals surface area (Å²) in [5.74, 6) is -1.87. The first-order chi connectivity index (χ1) is 18.4. The number of carboxylic acid groups (broad SMARTS) is 1. The van der Waals surface area contributed by atoms with Crippen molar-refractivity contribution in [1.82, 2.24) is 10.2 Å². The zero-order chi connectivity index (χ0) is 26.6. The molecule has 2 aliphatic rings. The molecule has 0 spiro atoms. The number of benzene rings is 3. The molecule has 3 N–H and O–H groups in total. The van der Waals surface area contributed by atoms with E-state index in [0.717, 1.165) is 48.7 Å². The first-order valence-electron chi connectivity index (χ1n) is 12.4. The molecule has 8 nitrogen and oxygen atoms in total. The Bertz CT molecular complexity index is 1430. The minimum Gasteiger partial charge on any atom is -0.478 e. The Labute approximate surface area is 220 Å². The second-order valence-electron chi connectivity index (χ2n) is 9.39. The van der Waals surface area contributed by atoms with Gasteiger partial charge in [0.25, 0.3) is 11.8 Å². The first kappa shape index (κ1) is 25.0. The molecule has 5 rings (SSSR count). The third kappa shape index (κ3) is 5.50. The molecule has 192 valence electrons. The molecule has 1 fully saturated rings. The van der Waals surface area contributed by atoms with E-state index in [1.165, 1.54) is 0 Å². The number of anilines is 2. The monoisotopic (exact) mass is 508 g/mol. The van der Waals surface area contributed by atoms with E-state index in [0.29, 0.717) is 16.7 Å². The van der Waals surface area contributed by atoms with Crippen molar-refractivity contribution in [3.05, 3.63) is 101 Å². The third-order valence-corrected chi connectivity index (χ3v) is 6.79. The number of nitrogens with zero attached hydrogens (tertiary/aromatic N) is 2. The molecule has 2 amide bonds. The quantitative estimate of drug-likeness (QED) is 0.263. The van der Waals surface area contributed by atoms with Gasteiger partial charge in [0.15, 0.2) is 0 Å². The largest absolute Gasteiger partial charge is 0.478 e. The van der Waals surface area contributed by atoms with Gasteiger partial charge in [-0.3, -0.25) is 14.9 Å². The molecule has 0 aliphatic carbocycles. The second kappa shape index (κ2) is 10.7. The highest BCUT2D eigenvalue weighted by Crippen LogP contribution is 2.27. The van der Waals surface area contributed by atoms with Crippen LogP contribution >= 0.6 is 0 Å². The van der Waals surface area contributed by atoms with E-state index in [9.17, 15) is 14.4 Å². The van der Waals surface area contributed by atoms with Gasteiger partial charge in [-0.15, -0.1) is 0 Å². The predicted molar refractivity (Wildman–Crippen MR) is 149 cm³/mol. The Balaban J connectivity index is 1.35. The minimum atomic E-state index is -0.975. The van der Waals surface area contributed by atoms with Crippen molar-refractivity contribution in [2.45, 2.75) is 0 Å². The molecule has 0 bridgehead atoms. The van der Waals surface area contributed by atoms with Crippen LogP contribution < -0.4 is 15.5 Å².